The molecule has 0 aromatic heterocycles. The molecule has 38 heavy (non-hydrogen) atoms. The van der Waals surface area contributed by atoms with Gasteiger partial charge in [0.25, 0.3) is 0 Å². The van der Waals surface area contributed by atoms with Crippen LogP contribution in [0.15, 0.2) is 0 Å². The van der Waals surface area contributed by atoms with E-state index in [9.17, 15) is 14.4 Å². The normalized spacial score (nSPS) is 11.9. The lowest BCUT2D eigenvalue weighted by Gasteiger charge is -2.21. The van der Waals surface area contributed by atoms with Crippen LogP contribution in [0, 0.1) is 5.92 Å². The van der Waals surface area contributed by atoms with Crippen molar-refractivity contribution in [1.82, 2.24) is 10.6 Å². The summed E-state index contributed by atoms with van der Waals surface area (Å²) >= 11 is 0. The SMILES string of the molecule is CCCCCCCCCCCCCCCCCCNC(=O)[C@@H](NC(=O)CCCCCCC(=O)OC)C(C)C. The van der Waals surface area contributed by atoms with Gasteiger partial charge in [0.05, 0.1) is 7.11 Å². The second-order valence-corrected chi connectivity index (χ2v) is 11.4. The van der Waals surface area contributed by atoms with Gasteiger partial charge in [-0.25, -0.2) is 0 Å². The van der Waals surface area contributed by atoms with Crippen molar-refractivity contribution in [2.75, 3.05) is 13.7 Å². The first-order valence-electron chi connectivity index (χ1n) is 16.1. The van der Waals surface area contributed by atoms with Crippen molar-refractivity contribution in [3.05, 3.63) is 0 Å². The fourth-order valence-corrected chi connectivity index (χ4v) is 4.79. The van der Waals surface area contributed by atoms with E-state index < -0.39 is 6.04 Å². The highest BCUT2D eigenvalue weighted by Crippen LogP contribution is 2.14. The Balaban J connectivity index is 3.68. The molecule has 0 spiro atoms. The van der Waals surface area contributed by atoms with Crippen LogP contribution in [0.4, 0.5) is 0 Å². The number of amides is 2. The smallest absolute Gasteiger partial charge is 0.305 e. The van der Waals surface area contributed by atoms with Crippen LogP contribution in [0.3, 0.4) is 0 Å². The Morgan fingerprint density at radius 3 is 1.47 bits per heavy atom. The molecule has 224 valence electrons. The van der Waals surface area contributed by atoms with Gasteiger partial charge in [0.1, 0.15) is 6.04 Å². The summed E-state index contributed by atoms with van der Waals surface area (Å²) in [5.74, 6) is -0.292. The quantitative estimate of drug-likeness (QED) is 0.0819. The summed E-state index contributed by atoms with van der Waals surface area (Å²) in [6.07, 6.45) is 25.5. The molecule has 2 amide bonds. The van der Waals surface area contributed by atoms with Gasteiger partial charge in [0.2, 0.25) is 11.8 Å². The number of carbonyl (C=O) groups is 3. The lowest BCUT2D eigenvalue weighted by atomic mass is 10.0. The van der Waals surface area contributed by atoms with Crippen LogP contribution in [-0.4, -0.2) is 37.5 Å². The zero-order valence-electron chi connectivity index (χ0n) is 25.6. The highest BCUT2D eigenvalue weighted by atomic mass is 16.5. The topological polar surface area (TPSA) is 84.5 Å². The summed E-state index contributed by atoms with van der Waals surface area (Å²) in [6.45, 7) is 6.88. The molecule has 0 rings (SSSR count). The minimum Gasteiger partial charge on any atom is -0.469 e. The molecule has 0 bridgehead atoms. The highest BCUT2D eigenvalue weighted by molar-refractivity contribution is 5.87. The van der Waals surface area contributed by atoms with Gasteiger partial charge in [-0.15, -0.1) is 0 Å². The summed E-state index contributed by atoms with van der Waals surface area (Å²) in [5, 5.41) is 5.94. The van der Waals surface area contributed by atoms with Gasteiger partial charge >= 0.3 is 5.97 Å². The van der Waals surface area contributed by atoms with Crippen LogP contribution in [0.5, 0.6) is 0 Å². The summed E-state index contributed by atoms with van der Waals surface area (Å²) < 4.78 is 4.63. The summed E-state index contributed by atoms with van der Waals surface area (Å²) in [6, 6.07) is -0.483. The van der Waals surface area contributed by atoms with Crippen molar-refractivity contribution in [3.8, 4) is 0 Å². The average molecular weight is 539 g/mol. The second-order valence-electron chi connectivity index (χ2n) is 11.4. The lowest BCUT2D eigenvalue weighted by molar-refractivity contribution is -0.140. The zero-order valence-corrected chi connectivity index (χ0v) is 25.6. The zero-order chi connectivity index (χ0) is 28.3. The molecule has 6 heteroatoms. The fourth-order valence-electron chi connectivity index (χ4n) is 4.79. The molecule has 0 aliphatic rings. The lowest BCUT2D eigenvalue weighted by Crippen LogP contribution is -2.49. The summed E-state index contributed by atoms with van der Waals surface area (Å²) in [5.41, 5.74) is 0. The van der Waals surface area contributed by atoms with Crippen LogP contribution < -0.4 is 10.6 Å². The summed E-state index contributed by atoms with van der Waals surface area (Å²) in [7, 11) is 1.40. The molecule has 0 radical (unpaired) electrons. The second kappa shape index (κ2) is 27.0. The van der Waals surface area contributed by atoms with Gasteiger partial charge in [-0.2, -0.15) is 0 Å². The molecule has 0 saturated carbocycles. The molecule has 0 fully saturated rings. The van der Waals surface area contributed by atoms with Crippen LogP contribution in [0.1, 0.15) is 162 Å². The van der Waals surface area contributed by atoms with Crippen molar-refractivity contribution < 1.29 is 19.1 Å². The van der Waals surface area contributed by atoms with E-state index in [2.05, 4.69) is 22.3 Å². The number of esters is 1. The Labute approximate surface area is 235 Å². The van der Waals surface area contributed by atoms with E-state index in [4.69, 9.17) is 0 Å². The molecule has 0 aromatic rings. The Morgan fingerprint density at radius 2 is 1.03 bits per heavy atom. The van der Waals surface area contributed by atoms with Crippen molar-refractivity contribution in [3.63, 3.8) is 0 Å². The molecule has 1 atom stereocenters. The van der Waals surface area contributed by atoms with E-state index in [0.717, 1.165) is 38.5 Å². The molecular formula is C32H62N2O4. The predicted molar refractivity (Wildman–Crippen MR) is 159 cm³/mol. The molecule has 2 N–H and O–H groups in total. The highest BCUT2D eigenvalue weighted by Gasteiger charge is 2.23. The molecule has 0 aliphatic carbocycles. The third-order valence-corrected chi connectivity index (χ3v) is 7.36. The van der Waals surface area contributed by atoms with Crippen LogP contribution in [0.2, 0.25) is 0 Å². The van der Waals surface area contributed by atoms with Crippen LogP contribution >= 0.6 is 0 Å². The largest absolute Gasteiger partial charge is 0.469 e. The number of hydrogen-bond acceptors (Lipinski definition) is 4. The molecule has 0 aliphatic heterocycles. The number of hydrogen-bond donors (Lipinski definition) is 2. The Hall–Kier alpha value is -1.59. The van der Waals surface area contributed by atoms with Gasteiger partial charge in [-0.05, 0) is 25.2 Å². The van der Waals surface area contributed by atoms with E-state index in [1.54, 1.807) is 0 Å². The number of ether oxygens (including phenoxy) is 1. The van der Waals surface area contributed by atoms with Gasteiger partial charge in [0, 0.05) is 19.4 Å². The van der Waals surface area contributed by atoms with Gasteiger partial charge < -0.3 is 15.4 Å². The molecule has 0 aromatic carbocycles. The van der Waals surface area contributed by atoms with Gasteiger partial charge in [0.15, 0.2) is 0 Å². The first-order chi connectivity index (χ1) is 18.4. The number of carbonyl (C=O) groups excluding carboxylic acids is 3. The monoisotopic (exact) mass is 538 g/mol. The van der Waals surface area contributed by atoms with Crippen LogP contribution in [0.25, 0.3) is 0 Å². The maximum Gasteiger partial charge on any atom is 0.305 e. The molecular weight excluding hydrogens is 476 g/mol. The minimum absolute atomic E-state index is 0.0461. The molecule has 0 unspecified atom stereocenters. The average Bonchev–Trinajstić information content (AvgIpc) is 2.90. The number of unbranched alkanes of at least 4 members (excludes halogenated alkanes) is 18. The van der Waals surface area contributed by atoms with Crippen molar-refractivity contribution in [2.45, 2.75) is 168 Å². The van der Waals surface area contributed by atoms with E-state index >= 15 is 0 Å². The Bertz CT molecular complexity index is 580. The van der Waals surface area contributed by atoms with E-state index in [1.807, 2.05) is 13.8 Å². The van der Waals surface area contributed by atoms with E-state index in [1.165, 1.54) is 97.0 Å². The first kappa shape index (κ1) is 36.4. The maximum absolute atomic E-state index is 12.6. The Morgan fingerprint density at radius 1 is 0.605 bits per heavy atom. The molecule has 0 saturated heterocycles. The van der Waals surface area contributed by atoms with Crippen molar-refractivity contribution >= 4 is 17.8 Å². The van der Waals surface area contributed by atoms with Gasteiger partial charge in [-0.3, -0.25) is 14.4 Å². The minimum atomic E-state index is -0.483. The molecule has 6 nitrogen and oxygen atoms in total. The third kappa shape index (κ3) is 23.5. The van der Waals surface area contributed by atoms with Crippen molar-refractivity contribution in [1.29, 1.82) is 0 Å². The first-order valence-corrected chi connectivity index (χ1v) is 16.1. The van der Waals surface area contributed by atoms with Gasteiger partial charge in [-0.1, -0.05) is 130 Å². The standard InChI is InChI=1S/C32H62N2O4/c1-5-6-7-8-9-10-11-12-13-14-15-16-17-18-21-24-27-33-32(37)31(28(2)3)34-29(35)25-22-19-20-23-26-30(36)38-4/h28,31H,5-27H2,1-4H3,(H,33,37)(H,34,35)/t31-/m0/s1. The Kier molecular flexibility index (Phi) is 25.9. The number of nitrogens with one attached hydrogen (secondary N) is 2. The predicted octanol–water partition coefficient (Wildman–Crippen LogP) is 8.02. The fraction of sp³-hybridized carbons (Fsp3) is 0.906. The van der Waals surface area contributed by atoms with E-state index in [-0.39, 0.29) is 23.7 Å². The third-order valence-electron chi connectivity index (χ3n) is 7.36. The van der Waals surface area contributed by atoms with E-state index in [0.29, 0.717) is 19.4 Å². The summed E-state index contributed by atoms with van der Waals surface area (Å²) in [4.78, 5) is 36.0. The number of rotatable bonds is 27. The number of methoxy groups -OCH3 is 1. The molecule has 0 heterocycles. The maximum atomic E-state index is 12.6. The van der Waals surface area contributed by atoms with Crippen molar-refractivity contribution in [2.24, 2.45) is 5.92 Å². The van der Waals surface area contributed by atoms with Crippen LogP contribution in [-0.2, 0) is 19.1 Å².